The number of halogens is 1. The van der Waals surface area contributed by atoms with Gasteiger partial charge in [0.15, 0.2) is 0 Å². The zero-order valence-corrected chi connectivity index (χ0v) is 20.4. The molecule has 4 rings (SSSR count). The van der Waals surface area contributed by atoms with E-state index in [-0.39, 0.29) is 11.9 Å². The van der Waals surface area contributed by atoms with Crippen molar-refractivity contribution in [3.8, 4) is 11.5 Å². The van der Waals surface area contributed by atoms with Crippen molar-refractivity contribution in [3.05, 3.63) is 94.5 Å². The molecular formula is C28H31ClN2O3. The molecule has 1 amide bonds. The highest BCUT2D eigenvalue weighted by molar-refractivity contribution is 6.30. The lowest BCUT2D eigenvalue weighted by Crippen LogP contribution is -2.51. The van der Waals surface area contributed by atoms with E-state index in [1.807, 2.05) is 41.3 Å². The van der Waals surface area contributed by atoms with Crippen LogP contribution in [0, 0.1) is 0 Å². The van der Waals surface area contributed by atoms with Crippen LogP contribution in [0.25, 0.3) is 0 Å². The Morgan fingerprint density at radius 1 is 0.971 bits per heavy atom. The van der Waals surface area contributed by atoms with E-state index in [1.165, 1.54) is 5.56 Å². The smallest absolute Gasteiger partial charge is 0.254 e. The number of ether oxygens (including phenoxy) is 2. The number of methoxy groups -OCH3 is 2. The minimum atomic E-state index is 0.00595. The normalized spacial score (nSPS) is 17.9. The van der Waals surface area contributed by atoms with E-state index < -0.39 is 0 Å². The molecule has 0 unspecified atom stereocenters. The summed E-state index contributed by atoms with van der Waals surface area (Å²) in [6.45, 7) is 1.44. The second-order valence-corrected chi connectivity index (χ2v) is 9.11. The van der Waals surface area contributed by atoms with Crippen molar-refractivity contribution < 1.29 is 14.3 Å². The van der Waals surface area contributed by atoms with Gasteiger partial charge >= 0.3 is 0 Å². The Kier molecular flexibility index (Phi) is 8.09. The fourth-order valence-electron chi connectivity index (χ4n) is 4.59. The number of rotatable bonds is 8. The molecule has 2 atom stereocenters. The lowest BCUT2D eigenvalue weighted by atomic mass is 9.91. The summed E-state index contributed by atoms with van der Waals surface area (Å²) in [6, 6.07) is 24.0. The van der Waals surface area contributed by atoms with Crippen LogP contribution in [0.2, 0.25) is 5.02 Å². The number of hydrogen-bond donors (Lipinski definition) is 1. The molecule has 1 aliphatic rings. The molecule has 6 heteroatoms. The quantitative estimate of drug-likeness (QED) is 0.473. The van der Waals surface area contributed by atoms with Gasteiger partial charge in [0.2, 0.25) is 0 Å². The first kappa shape index (κ1) is 24.1. The summed E-state index contributed by atoms with van der Waals surface area (Å²) in [7, 11) is 3.19. The topological polar surface area (TPSA) is 50.8 Å². The maximum atomic E-state index is 13.6. The van der Waals surface area contributed by atoms with Crippen molar-refractivity contribution in [1.29, 1.82) is 0 Å². The van der Waals surface area contributed by atoms with Crippen LogP contribution in [0.15, 0.2) is 72.8 Å². The molecule has 1 aliphatic heterocycles. The Labute approximate surface area is 206 Å². The van der Waals surface area contributed by atoms with Crippen LogP contribution in [-0.4, -0.2) is 43.7 Å². The molecule has 0 spiro atoms. The first-order chi connectivity index (χ1) is 16.6. The number of carbonyl (C=O) groups excluding carboxylic acids is 1. The van der Waals surface area contributed by atoms with Gasteiger partial charge in [-0.3, -0.25) is 4.79 Å². The molecule has 0 aromatic heterocycles. The van der Waals surface area contributed by atoms with Crippen LogP contribution >= 0.6 is 11.6 Å². The van der Waals surface area contributed by atoms with Crippen LogP contribution in [0.4, 0.5) is 0 Å². The van der Waals surface area contributed by atoms with Crippen molar-refractivity contribution in [1.82, 2.24) is 10.2 Å². The molecule has 1 saturated heterocycles. The number of nitrogens with one attached hydrogen (secondary N) is 1. The Bertz CT molecular complexity index is 1080. The minimum Gasteiger partial charge on any atom is -0.497 e. The van der Waals surface area contributed by atoms with Crippen LogP contribution in [0.1, 0.15) is 34.3 Å². The van der Waals surface area contributed by atoms with Gasteiger partial charge in [-0.05, 0) is 54.7 Å². The highest BCUT2D eigenvalue weighted by Gasteiger charge is 2.32. The van der Waals surface area contributed by atoms with Crippen LogP contribution in [0.3, 0.4) is 0 Å². The highest BCUT2D eigenvalue weighted by atomic mass is 35.5. The van der Waals surface area contributed by atoms with Crippen LogP contribution < -0.4 is 14.8 Å². The Balaban J connectivity index is 1.52. The van der Waals surface area contributed by atoms with Gasteiger partial charge in [-0.1, -0.05) is 54.1 Å². The molecule has 1 heterocycles. The van der Waals surface area contributed by atoms with E-state index in [9.17, 15) is 4.79 Å². The Morgan fingerprint density at radius 3 is 2.35 bits per heavy atom. The number of amides is 1. The number of likely N-dealkylation sites (tertiary alicyclic amines) is 1. The summed E-state index contributed by atoms with van der Waals surface area (Å²) in [5.41, 5.74) is 2.97. The summed E-state index contributed by atoms with van der Waals surface area (Å²) < 4.78 is 10.8. The van der Waals surface area contributed by atoms with Gasteiger partial charge in [0, 0.05) is 41.8 Å². The first-order valence-electron chi connectivity index (χ1n) is 11.6. The number of nitrogens with zero attached hydrogens (tertiary/aromatic N) is 1. The predicted octanol–water partition coefficient (Wildman–Crippen LogP) is 5.36. The van der Waals surface area contributed by atoms with Crippen molar-refractivity contribution in [2.45, 2.75) is 37.9 Å². The molecule has 1 fully saturated rings. The molecule has 3 aromatic carbocycles. The van der Waals surface area contributed by atoms with E-state index in [1.54, 1.807) is 32.4 Å². The average Bonchev–Trinajstić information content (AvgIpc) is 2.87. The summed E-state index contributed by atoms with van der Waals surface area (Å²) in [4.78, 5) is 15.7. The Hall–Kier alpha value is -3.02. The van der Waals surface area contributed by atoms with Gasteiger partial charge in [0.25, 0.3) is 5.91 Å². The third-order valence-electron chi connectivity index (χ3n) is 6.37. The number of carbonyl (C=O) groups is 1. The fraction of sp³-hybridized carbons (Fsp3) is 0.321. The van der Waals surface area contributed by atoms with Gasteiger partial charge < -0.3 is 19.7 Å². The highest BCUT2D eigenvalue weighted by Crippen LogP contribution is 2.28. The van der Waals surface area contributed by atoms with Gasteiger partial charge in [0.05, 0.1) is 14.2 Å². The molecule has 178 valence electrons. The van der Waals surface area contributed by atoms with Crippen molar-refractivity contribution >= 4 is 17.5 Å². The third-order valence-corrected chi connectivity index (χ3v) is 6.61. The van der Waals surface area contributed by atoms with Gasteiger partial charge in [-0.15, -0.1) is 0 Å². The molecular weight excluding hydrogens is 448 g/mol. The molecule has 34 heavy (non-hydrogen) atoms. The SMILES string of the molecule is COc1cc(OC)cc(C(=O)N2CC[C@H](NCc3cccc(Cl)c3)C[C@@H]2Cc2ccccc2)c1. The molecule has 0 bridgehead atoms. The summed E-state index contributed by atoms with van der Waals surface area (Å²) in [5, 5.41) is 4.43. The molecule has 0 radical (unpaired) electrons. The van der Waals surface area contributed by atoms with E-state index in [0.29, 0.717) is 29.6 Å². The lowest BCUT2D eigenvalue weighted by molar-refractivity contribution is 0.0575. The van der Waals surface area contributed by atoms with Crippen molar-refractivity contribution in [2.75, 3.05) is 20.8 Å². The zero-order valence-electron chi connectivity index (χ0n) is 19.7. The van der Waals surface area contributed by atoms with Gasteiger partial charge in [-0.2, -0.15) is 0 Å². The van der Waals surface area contributed by atoms with Gasteiger partial charge in [-0.25, -0.2) is 0 Å². The summed E-state index contributed by atoms with van der Waals surface area (Å²) in [5.74, 6) is 1.23. The zero-order chi connectivity index (χ0) is 23.9. The summed E-state index contributed by atoms with van der Waals surface area (Å²) in [6.07, 6.45) is 2.57. The second kappa shape index (κ2) is 11.4. The maximum absolute atomic E-state index is 13.6. The number of hydrogen-bond acceptors (Lipinski definition) is 4. The fourth-order valence-corrected chi connectivity index (χ4v) is 4.80. The predicted molar refractivity (Wildman–Crippen MR) is 136 cm³/mol. The second-order valence-electron chi connectivity index (χ2n) is 8.68. The van der Waals surface area contributed by atoms with Crippen LogP contribution in [0.5, 0.6) is 11.5 Å². The van der Waals surface area contributed by atoms with Crippen molar-refractivity contribution in [3.63, 3.8) is 0 Å². The molecule has 0 saturated carbocycles. The average molecular weight is 479 g/mol. The third kappa shape index (κ3) is 6.10. The standard InChI is InChI=1S/C28H31ClN2O3/c1-33-26-15-22(16-27(18-26)34-2)28(32)31-12-11-24(30-19-21-9-6-10-23(29)13-21)17-25(31)14-20-7-4-3-5-8-20/h3-10,13,15-16,18,24-25,30H,11-12,14,17,19H2,1-2H3/t24-,25-/m0/s1. The number of piperidine rings is 1. The maximum Gasteiger partial charge on any atom is 0.254 e. The summed E-state index contributed by atoms with van der Waals surface area (Å²) >= 11 is 6.15. The largest absolute Gasteiger partial charge is 0.497 e. The minimum absolute atomic E-state index is 0.00595. The molecule has 5 nitrogen and oxygen atoms in total. The van der Waals surface area contributed by atoms with Crippen LogP contribution in [-0.2, 0) is 13.0 Å². The molecule has 3 aromatic rings. The van der Waals surface area contributed by atoms with Gasteiger partial charge in [0.1, 0.15) is 11.5 Å². The first-order valence-corrected chi connectivity index (χ1v) is 12.0. The van der Waals surface area contributed by atoms with Crippen molar-refractivity contribution in [2.24, 2.45) is 0 Å². The van der Waals surface area contributed by atoms with E-state index >= 15 is 0 Å². The molecule has 1 N–H and O–H groups in total. The molecule has 0 aliphatic carbocycles. The Morgan fingerprint density at radius 2 is 1.68 bits per heavy atom. The number of benzene rings is 3. The van der Waals surface area contributed by atoms with E-state index in [2.05, 4.69) is 23.5 Å². The van der Waals surface area contributed by atoms with E-state index in [4.69, 9.17) is 21.1 Å². The van der Waals surface area contributed by atoms with E-state index in [0.717, 1.165) is 36.4 Å². The lowest BCUT2D eigenvalue weighted by Gasteiger charge is -2.40. The monoisotopic (exact) mass is 478 g/mol.